The van der Waals surface area contributed by atoms with Crippen LogP contribution < -0.4 is 9.47 Å². The SMILES string of the molecule is CCOC(=O)c1cnn(-c2nc(OCc3ccccc3)c3c(ncn3Cc3ccc(OCCOC)cc3)n2)c1. The standard InChI is InChI=1S/C28H28N6O5/c1-3-37-27(35)22-15-30-34(17-22)28-31-25-24(26(32-28)39-18-21-7-5-4-6-8-21)33(19-29-25)16-20-9-11-23(12-10-20)38-14-13-36-2/h4-12,15,17,19H,3,13-14,16,18H2,1-2H3. The highest BCUT2D eigenvalue weighted by Gasteiger charge is 2.18. The Balaban J connectivity index is 1.45. The molecule has 200 valence electrons. The lowest BCUT2D eigenvalue weighted by molar-refractivity contribution is 0.0526. The molecule has 0 N–H and O–H groups in total. The summed E-state index contributed by atoms with van der Waals surface area (Å²) in [6.07, 6.45) is 4.64. The second-order valence-electron chi connectivity index (χ2n) is 8.53. The van der Waals surface area contributed by atoms with Crippen LogP contribution in [0.2, 0.25) is 0 Å². The summed E-state index contributed by atoms with van der Waals surface area (Å²) in [5.41, 5.74) is 3.42. The van der Waals surface area contributed by atoms with Crippen LogP contribution in [0.1, 0.15) is 28.4 Å². The Morgan fingerprint density at radius 1 is 0.949 bits per heavy atom. The van der Waals surface area contributed by atoms with Crippen LogP contribution in [0, 0.1) is 0 Å². The van der Waals surface area contributed by atoms with Crippen LogP contribution in [-0.4, -0.2) is 62.2 Å². The number of rotatable bonds is 12. The Bertz CT molecular complexity index is 1530. The van der Waals surface area contributed by atoms with Gasteiger partial charge in [-0.05, 0) is 30.2 Å². The average molecular weight is 529 g/mol. The molecule has 0 radical (unpaired) electrons. The number of carbonyl (C=O) groups excluding carboxylic acids is 1. The fourth-order valence-corrected chi connectivity index (χ4v) is 3.87. The van der Waals surface area contributed by atoms with Crippen LogP contribution in [0.25, 0.3) is 17.1 Å². The topological polar surface area (TPSA) is 115 Å². The first-order valence-electron chi connectivity index (χ1n) is 12.5. The van der Waals surface area contributed by atoms with Crippen molar-refractivity contribution in [3.05, 3.63) is 90.0 Å². The number of ether oxygens (including phenoxy) is 4. The molecular formula is C28H28N6O5. The van der Waals surface area contributed by atoms with E-state index in [9.17, 15) is 4.79 Å². The molecule has 0 spiro atoms. The van der Waals surface area contributed by atoms with E-state index in [0.29, 0.717) is 49.0 Å². The van der Waals surface area contributed by atoms with Gasteiger partial charge in [-0.15, -0.1) is 0 Å². The molecule has 0 amide bonds. The lowest BCUT2D eigenvalue weighted by atomic mass is 10.2. The first-order valence-corrected chi connectivity index (χ1v) is 12.5. The summed E-state index contributed by atoms with van der Waals surface area (Å²) in [7, 11) is 1.64. The van der Waals surface area contributed by atoms with Gasteiger partial charge in [0.1, 0.15) is 19.0 Å². The second-order valence-corrected chi connectivity index (χ2v) is 8.53. The fraction of sp³-hybridized carbons (Fsp3) is 0.250. The maximum atomic E-state index is 12.1. The van der Waals surface area contributed by atoms with Crippen molar-refractivity contribution in [2.45, 2.75) is 20.1 Å². The summed E-state index contributed by atoms with van der Waals surface area (Å²) in [6.45, 7) is 3.86. The first-order chi connectivity index (χ1) is 19.1. The molecule has 11 heteroatoms. The molecule has 0 atom stereocenters. The highest BCUT2D eigenvalue weighted by atomic mass is 16.5. The molecule has 0 fully saturated rings. The molecule has 0 saturated heterocycles. The Labute approximate surface area is 225 Å². The smallest absolute Gasteiger partial charge is 0.341 e. The molecule has 0 unspecified atom stereocenters. The van der Waals surface area contributed by atoms with Crippen molar-refractivity contribution in [3.63, 3.8) is 0 Å². The quantitative estimate of drug-likeness (QED) is 0.176. The highest BCUT2D eigenvalue weighted by Crippen LogP contribution is 2.25. The summed E-state index contributed by atoms with van der Waals surface area (Å²) in [6, 6.07) is 17.6. The monoisotopic (exact) mass is 528 g/mol. The van der Waals surface area contributed by atoms with Crippen LogP contribution in [-0.2, 0) is 22.6 Å². The number of aromatic nitrogens is 6. The third-order valence-corrected chi connectivity index (χ3v) is 5.78. The third kappa shape index (κ3) is 6.21. The molecule has 0 bridgehead atoms. The van der Waals surface area contributed by atoms with Crippen molar-refractivity contribution in [1.29, 1.82) is 0 Å². The van der Waals surface area contributed by atoms with E-state index in [4.69, 9.17) is 18.9 Å². The minimum atomic E-state index is -0.468. The van der Waals surface area contributed by atoms with E-state index >= 15 is 0 Å². The minimum Gasteiger partial charge on any atom is -0.491 e. The van der Waals surface area contributed by atoms with Gasteiger partial charge in [0.05, 0.1) is 31.3 Å². The molecule has 5 rings (SSSR count). The van der Waals surface area contributed by atoms with Crippen LogP contribution in [0.5, 0.6) is 11.6 Å². The van der Waals surface area contributed by atoms with Crippen molar-refractivity contribution < 1.29 is 23.7 Å². The summed E-state index contributed by atoms with van der Waals surface area (Å²) in [5, 5.41) is 4.25. The summed E-state index contributed by atoms with van der Waals surface area (Å²) in [5.74, 6) is 0.880. The van der Waals surface area contributed by atoms with Gasteiger partial charge in [0, 0.05) is 19.9 Å². The predicted octanol–water partition coefficient (Wildman–Crippen LogP) is 3.84. The normalized spacial score (nSPS) is 11.0. The first kappa shape index (κ1) is 25.9. The zero-order valence-corrected chi connectivity index (χ0v) is 21.7. The zero-order chi connectivity index (χ0) is 27.0. The molecule has 2 aromatic carbocycles. The molecule has 0 saturated carbocycles. The maximum Gasteiger partial charge on any atom is 0.341 e. The molecule has 3 aromatic heterocycles. The van der Waals surface area contributed by atoms with Gasteiger partial charge in [-0.3, -0.25) is 0 Å². The van der Waals surface area contributed by atoms with Gasteiger partial charge in [0.25, 0.3) is 5.95 Å². The number of fused-ring (bicyclic) bond motifs is 1. The molecule has 0 aliphatic carbocycles. The summed E-state index contributed by atoms with van der Waals surface area (Å²) >= 11 is 0. The van der Waals surface area contributed by atoms with E-state index in [1.54, 1.807) is 20.4 Å². The lowest BCUT2D eigenvalue weighted by Gasteiger charge is -2.11. The summed E-state index contributed by atoms with van der Waals surface area (Å²) in [4.78, 5) is 25.9. The number of nitrogens with zero attached hydrogens (tertiary/aromatic N) is 6. The van der Waals surface area contributed by atoms with Gasteiger partial charge >= 0.3 is 5.97 Å². The number of methoxy groups -OCH3 is 1. The third-order valence-electron chi connectivity index (χ3n) is 5.78. The van der Waals surface area contributed by atoms with Gasteiger partial charge in [-0.2, -0.15) is 15.1 Å². The molecule has 5 aromatic rings. The van der Waals surface area contributed by atoms with Crippen molar-refractivity contribution >= 4 is 17.1 Å². The maximum absolute atomic E-state index is 12.1. The lowest BCUT2D eigenvalue weighted by Crippen LogP contribution is -2.08. The fourth-order valence-electron chi connectivity index (χ4n) is 3.87. The Hall–Kier alpha value is -4.77. The van der Waals surface area contributed by atoms with Crippen LogP contribution in [0.4, 0.5) is 0 Å². The number of hydrogen-bond donors (Lipinski definition) is 0. The summed E-state index contributed by atoms with van der Waals surface area (Å²) < 4.78 is 25.3. The largest absolute Gasteiger partial charge is 0.491 e. The molecular weight excluding hydrogens is 500 g/mol. The minimum absolute atomic E-state index is 0.226. The molecule has 39 heavy (non-hydrogen) atoms. The van der Waals surface area contributed by atoms with Crippen molar-refractivity contribution in [1.82, 2.24) is 29.3 Å². The number of carbonyl (C=O) groups is 1. The van der Waals surface area contributed by atoms with E-state index in [1.165, 1.54) is 17.1 Å². The van der Waals surface area contributed by atoms with Crippen LogP contribution in [0.3, 0.4) is 0 Å². The Morgan fingerprint density at radius 3 is 2.54 bits per heavy atom. The number of imidazole rings is 1. The van der Waals surface area contributed by atoms with E-state index in [-0.39, 0.29) is 12.6 Å². The van der Waals surface area contributed by atoms with Gasteiger partial charge in [0.2, 0.25) is 5.88 Å². The predicted molar refractivity (Wildman–Crippen MR) is 142 cm³/mol. The number of esters is 1. The zero-order valence-electron chi connectivity index (χ0n) is 21.7. The Morgan fingerprint density at radius 2 is 1.77 bits per heavy atom. The van der Waals surface area contributed by atoms with Crippen molar-refractivity contribution in [3.8, 4) is 17.6 Å². The van der Waals surface area contributed by atoms with Gasteiger partial charge in [-0.1, -0.05) is 42.5 Å². The van der Waals surface area contributed by atoms with Crippen molar-refractivity contribution in [2.24, 2.45) is 0 Å². The van der Waals surface area contributed by atoms with Gasteiger partial charge in [0.15, 0.2) is 11.2 Å². The van der Waals surface area contributed by atoms with Gasteiger partial charge in [-0.25, -0.2) is 14.5 Å². The molecule has 3 heterocycles. The number of hydrogen-bond acceptors (Lipinski definition) is 9. The Kier molecular flexibility index (Phi) is 8.08. The van der Waals surface area contributed by atoms with E-state index in [0.717, 1.165) is 16.9 Å². The van der Waals surface area contributed by atoms with Crippen LogP contribution >= 0.6 is 0 Å². The number of benzene rings is 2. The van der Waals surface area contributed by atoms with Crippen LogP contribution in [0.15, 0.2) is 73.3 Å². The van der Waals surface area contributed by atoms with E-state index < -0.39 is 5.97 Å². The van der Waals surface area contributed by atoms with Crippen molar-refractivity contribution in [2.75, 3.05) is 26.9 Å². The van der Waals surface area contributed by atoms with E-state index in [2.05, 4.69) is 20.1 Å². The highest BCUT2D eigenvalue weighted by molar-refractivity contribution is 5.88. The van der Waals surface area contributed by atoms with Gasteiger partial charge < -0.3 is 23.5 Å². The molecule has 0 aliphatic rings. The molecule has 11 nitrogen and oxygen atoms in total. The van der Waals surface area contributed by atoms with E-state index in [1.807, 2.05) is 59.2 Å². The second kappa shape index (κ2) is 12.2. The molecule has 0 aliphatic heterocycles. The average Bonchev–Trinajstić information content (AvgIpc) is 3.62.